The summed E-state index contributed by atoms with van der Waals surface area (Å²) in [6.07, 6.45) is -0.765. The molecule has 9 heteroatoms. The van der Waals surface area contributed by atoms with Gasteiger partial charge in [0.15, 0.2) is 0 Å². The predicted octanol–water partition coefficient (Wildman–Crippen LogP) is 1.65. The van der Waals surface area contributed by atoms with Crippen molar-refractivity contribution in [3.63, 3.8) is 0 Å². The van der Waals surface area contributed by atoms with Gasteiger partial charge in [-0.2, -0.15) is 0 Å². The van der Waals surface area contributed by atoms with Gasteiger partial charge in [-0.15, -0.1) is 0 Å². The summed E-state index contributed by atoms with van der Waals surface area (Å²) in [6.45, 7) is 13.2. The molecule has 0 saturated carbocycles. The zero-order valence-corrected chi connectivity index (χ0v) is 18.0. The average Bonchev–Trinajstić information content (AvgIpc) is 2.43. The standard InChI is InChI=1S/C17H34N2O6Si/c1-12(15(22)24-10-11-26(5,6)7)18-14(21)13(8-9-20)19-16(23)25-17(2,3)4/h12-13,20H,8-11H2,1-7H3,(H,18,21)(H,19,23)/t12-,13-/m1/s1. The van der Waals surface area contributed by atoms with Gasteiger partial charge in [0.1, 0.15) is 17.7 Å². The Morgan fingerprint density at radius 1 is 1.12 bits per heavy atom. The fourth-order valence-corrected chi connectivity index (χ4v) is 2.52. The first-order valence-corrected chi connectivity index (χ1v) is 12.5. The van der Waals surface area contributed by atoms with Gasteiger partial charge in [-0.3, -0.25) is 4.79 Å². The number of aliphatic hydroxyl groups excluding tert-OH is 1. The minimum absolute atomic E-state index is 0.00245. The summed E-state index contributed by atoms with van der Waals surface area (Å²) >= 11 is 0. The molecule has 0 aromatic heterocycles. The van der Waals surface area contributed by atoms with Gasteiger partial charge in [-0.1, -0.05) is 19.6 Å². The highest BCUT2D eigenvalue weighted by Crippen LogP contribution is 2.09. The summed E-state index contributed by atoms with van der Waals surface area (Å²) in [5.41, 5.74) is -0.711. The number of alkyl carbamates (subject to hydrolysis) is 1. The van der Waals surface area contributed by atoms with E-state index in [1.54, 1.807) is 20.8 Å². The van der Waals surface area contributed by atoms with Gasteiger partial charge in [-0.25, -0.2) is 9.59 Å². The molecule has 0 aromatic carbocycles. The quantitative estimate of drug-likeness (QED) is 0.407. The molecule has 0 radical (unpaired) electrons. The molecule has 2 amide bonds. The Morgan fingerprint density at radius 3 is 2.15 bits per heavy atom. The topological polar surface area (TPSA) is 114 Å². The zero-order valence-electron chi connectivity index (χ0n) is 17.0. The summed E-state index contributed by atoms with van der Waals surface area (Å²) in [4.78, 5) is 36.1. The third kappa shape index (κ3) is 11.9. The summed E-state index contributed by atoms with van der Waals surface area (Å²) in [7, 11) is -1.31. The minimum atomic E-state index is -1.31. The Hall–Kier alpha value is -1.61. The van der Waals surface area contributed by atoms with Gasteiger partial charge >= 0.3 is 12.1 Å². The molecular weight excluding hydrogens is 356 g/mol. The Kier molecular flexibility index (Phi) is 9.86. The lowest BCUT2D eigenvalue weighted by Crippen LogP contribution is -2.52. The molecule has 3 N–H and O–H groups in total. The van der Waals surface area contributed by atoms with Crippen molar-refractivity contribution in [3.8, 4) is 0 Å². The normalized spacial score (nSPS) is 14.2. The molecule has 0 aliphatic carbocycles. The highest BCUT2D eigenvalue weighted by atomic mass is 28.3. The van der Waals surface area contributed by atoms with Crippen LogP contribution in [-0.2, 0) is 19.1 Å². The van der Waals surface area contributed by atoms with Crippen LogP contribution in [0.5, 0.6) is 0 Å². The van der Waals surface area contributed by atoms with E-state index in [9.17, 15) is 14.4 Å². The summed E-state index contributed by atoms with van der Waals surface area (Å²) in [6, 6.07) is -1.02. The van der Waals surface area contributed by atoms with E-state index in [2.05, 4.69) is 30.3 Å². The molecule has 152 valence electrons. The zero-order chi connectivity index (χ0) is 20.5. The maximum Gasteiger partial charge on any atom is 0.408 e. The van der Waals surface area contributed by atoms with Crippen LogP contribution in [-0.4, -0.2) is 62.0 Å². The molecule has 0 aliphatic heterocycles. The fraction of sp³-hybridized carbons (Fsp3) is 0.824. The summed E-state index contributed by atoms with van der Waals surface area (Å²) in [5, 5.41) is 14.0. The van der Waals surface area contributed by atoms with E-state index in [1.807, 2.05) is 0 Å². The molecule has 0 fully saturated rings. The number of nitrogens with one attached hydrogen (secondary N) is 2. The minimum Gasteiger partial charge on any atom is -0.464 e. The molecule has 0 bridgehead atoms. The molecule has 8 nitrogen and oxygen atoms in total. The highest BCUT2D eigenvalue weighted by Gasteiger charge is 2.27. The number of hydrogen-bond donors (Lipinski definition) is 3. The van der Waals surface area contributed by atoms with Crippen LogP contribution in [0.2, 0.25) is 25.7 Å². The van der Waals surface area contributed by atoms with Crippen molar-refractivity contribution in [2.24, 2.45) is 0 Å². The maximum atomic E-state index is 12.3. The van der Waals surface area contributed by atoms with Gasteiger partial charge in [-0.05, 0) is 40.2 Å². The van der Waals surface area contributed by atoms with Gasteiger partial charge in [0, 0.05) is 14.7 Å². The Labute approximate surface area is 157 Å². The second-order valence-electron chi connectivity index (χ2n) is 8.42. The first kappa shape index (κ1) is 24.4. The smallest absolute Gasteiger partial charge is 0.408 e. The van der Waals surface area contributed by atoms with Crippen molar-refractivity contribution in [2.75, 3.05) is 13.2 Å². The van der Waals surface area contributed by atoms with Crippen LogP contribution in [0, 0.1) is 0 Å². The first-order valence-electron chi connectivity index (χ1n) is 8.82. The number of rotatable bonds is 9. The van der Waals surface area contributed by atoms with Crippen LogP contribution in [0.15, 0.2) is 0 Å². The lowest BCUT2D eigenvalue weighted by atomic mass is 10.2. The average molecular weight is 391 g/mol. The molecular formula is C17H34N2O6Si. The van der Waals surface area contributed by atoms with E-state index >= 15 is 0 Å². The van der Waals surface area contributed by atoms with E-state index in [-0.39, 0.29) is 13.0 Å². The monoisotopic (exact) mass is 390 g/mol. The number of esters is 1. The maximum absolute atomic E-state index is 12.3. The molecule has 0 rings (SSSR count). The third-order valence-electron chi connectivity index (χ3n) is 3.23. The van der Waals surface area contributed by atoms with E-state index in [0.717, 1.165) is 6.04 Å². The second-order valence-corrected chi connectivity index (χ2v) is 14.0. The molecule has 0 aliphatic rings. The Morgan fingerprint density at radius 2 is 1.69 bits per heavy atom. The molecule has 0 spiro atoms. The lowest BCUT2D eigenvalue weighted by Gasteiger charge is -2.24. The van der Waals surface area contributed by atoms with Gasteiger partial charge in [0.25, 0.3) is 0 Å². The molecule has 0 heterocycles. The molecule has 26 heavy (non-hydrogen) atoms. The number of ether oxygens (including phenoxy) is 2. The van der Waals surface area contributed by atoms with E-state index in [1.165, 1.54) is 6.92 Å². The number of hydrogen-bond acceptors (Lipinski definition) is 6. The molecule has 0 saturated heterocycles. The molecule has 2 atom stereocenters. The van der Waals surface area contributed by atoms with Crippen molar-refractivity contribution in [2.45, 2.75) is 77.5 Å². The number of aliphatic hydroxyl groups is 1. The number of carbonyl (C=O) groups excluding carboxylic acids is 3. The van der Waals surface area contributed by atoms with Crippen molar-refractivity contribution in [3.05, 3.63) is 0 Å². The van der Waals surface area contributed by atoms with Gasteiger partial charge < -0.3 is 25.2 Å². The largest absolute Gasteiger partial charge is 0.464 e. The SMILES string of the molecule is C[C@@H](NC(=O)[C@@H](CCO)NC(=O)OC(C)(C)C)C(=O)OCC[Si](C)(C)C. The first-order chi connectivity index (χ1) is 11.7. The van der Waals surface area contributed by atoms with Crippen LogP contribution in [0.1, 0.15) is 34.1 Å². The van der Waals surface area contributed by atoms with E-state index in [0.29, 0.717) is 6.61 Å². The van der Waals surface area contributed by atoms with Gasteiger partial charge in [0.2, 0.25) is 5.91 Å². The Balaban J connectivity index is 4.59. The lowest BCUT2D eigenvalue weighted by molar-refractivity contribution is -0.147. The fourth-order valence-electron chi connectivity index (χ4n) is 1.80. The van der Waals surface area contributed by atoms with Crippen LogP contribution < -0.4 is 10.6 Å². The van der Waals surface area contributed by atoms with Crippen LogP contribution >= 0.6 is 0 Å². The number of carbonyl (C=O) groups is 3. The van der Waals surface area contributed by atoms with Crippen LogP contribution in [0.3, 0.4) is 0 Å². The van der Waals surface area contributed by atoms with Crippen LogP contribution in [0.25, 0.3) is 0 Å². The van der Waals surface area contributed by atoms with Gasteiger partial charge in [0.05, 0.1) is 6.61 Å². The summed E-state index contributed by atoms with van der Waals surface area (Å²) < 4.78 is 10.3. The van der Waals surface area contributed by atoms with Crippen LogP contribution in [0.4, 0.5) is 4.79 Å². The van der Waals surface area contributed by atoms with Crippen molar-refractivity contribution in [1.29, 1.82) is 0 Å². The Bertz CT molecular complexity index is 485. The number of amides is 2. The van der Waals surface area contributed by atoms with Crippen molar-refractivity contribution < 1.29 is 29.0 Å². The predicted molar refractivity (Wildman–Crippen MR) is 102 cm³/mol. The van der Waals surface area contributed by atoms with E-state index in [4.69, 9.17) is 14.6 Å². The molecule has 0 unspecified atom stereocenters. The second kappa shape index (κ2) is 10.5. The third-order valence-corrected chi connectivity index (χ3v) is 4.94. The summed E-state index contributed by atoms with van der Waals surface area (Å²) in [5.74, 6) is -1.11. The van der Waals surface area contributed by atoms with Crippen molar-refractivity contribution in [1.82, 2.24) is 10.6 Å². The van der Waals surface area contributed by atoms with E-state index < -0.39 is 43.7 Å². The van der Waals surface area contributed by atoms with Crippen molar-refractivity contribution >= 4 is 26.0 Å². The molecule has 0 aromatic rings. The highest BCUT2D eigenvalue weighted by molar-refractivity contribution is 6.76.